The van der Waals surface area contributed by atoms with E-state index in [0.29, 0.717) is 11.5 Å². The number of hydrogen-bond acceptors (Lipinski definition) is 7. The zero-order valence-corrected chi connectivity index (χ0v) is 25.6. The molecule has 1 unspecified atom stereocenters. The van der Waals surface area contributed by atoms with Crippen LogP contribution in [0.2, 0.25) is 0 Å². The van der Waals surface area contributed by atoms with Gasteiger partial charge in [-0.2, -0.15) is 0 Å². The van der Waals surface area contributed by atoms with Gasteiger partial charge < -0.3 is 20.4 Å². The lowest BCUT2D eigenvalue weighted by Gasteiger charge is -2.59. The number of rotatable bonds is 6. The highest BCUT2D eigenvalue weighted by Gasteiger charge is 2.71. The lowest BCUT2D eigenvalue weighted by molar-refractivity contribution is -0.171. The van der Waals surface area contributed by atoms with Crippen molar-refractivity contribution in [2.24, 2.45) is 28.6 Å². The SMILES string of the molecule is CC(=O)C1=C(O)C(C(C)C)[C@@]2(C)C[C@@]3(C)Cc4c(C5=CC=C(CCC(C)C)C5)ccc(O)c4C(=O)C3=C(O)[C@@]2(O)C1=O. The van der Waals surface area contributed by atoms with E-state index in [1.807, 2.05) is 26.8 Å². The number of aliphatic hydroxyl groups is 3. The fraction of sp³-hybridized carbons (Fsp3) is 0.514. The van der Waals surface area contributed by atoms with Crippen molar-refractivity contribution in [3.63, 3.8) is 0 Å². The Hall–Kier alpha value is -3.45. The number of fused-ring (bicyclic) bond motifs is 3. The van der Waals surface area contributed by atoms with Gasteiger partial charge in [0.2, 0.25) is 5.78 Å². The first-order valence-corrected chi connectivity index (χ1v) is 14.9. The van der Waals surface area contributed by atoms with Crippen LogP contribution in [0.4, 0.5) is 0 Å². The molecule has 0 aromatic heterocycles. The molecule has 1 aromatic carbocycles. The fourth-order valence-electron chi connectivity index (χ4n) is 8.44. The Morgan fingerprint density at radius 3 is 2.31 bits per heavy atom. The Balaban J connectivity index is 1.68. The molecule has 0 fully saturated rings. The molecule has 0 heterocycles. The van der Waals surface area contributed by atoms with Gasteiger partial charge in [-0.05, 0) is 73.6 Å². The maximum Gasteiger partial charge on any atom is 0.209 e. The number of carbonyl (C=O) groups excluding carboxylic acids is 3. The minimum absolute atomic E-state index is 0.0594. The van der Waals surface area contributed by atoms with E-state index < -0.39 is 51.0 Å². The Bertz CT molecular complexity index is 1550. The van der Waals surface area contributed by atoms with E-state index >= 15 is 0 Å². The van der Waals surface area contributed by atoms with Crippen LogP contribution >= 0.6 is 0 Å². The van der Waals surface area contributed by atoms with E-state index in [4.69, 9.17) is 0 Å². The van der Waals surface area contributed by atoms with Crippen molar-refractivity contribution in [3.8, 4) is 5.75 Å². The number of aromatic hydroxyl groups is 1. The number of hydrogen-bond donors (Lipinski definition) is 4. The smallest absolute Gasteiger partial charge is 0.209 e. The van der Waals surface area contributed by atoms with Gasteiger partial charge in [0.15, 0.2) is 17.2 Å². The van der Waals surface area contributed by atoms with Crippen molar-refractivity contribution in [1.82, 2.24) is 0 Å². The highest BCUT2D eigenvalue weighted by Crippen LogP contribution is 2.65. The van der Waals surface area contributed by atoms with Gasteiger partial charge in [0.1, 0.15) is 22.8 Å². The molecule has 0 amide bonds. The molecule has 0 bridgehead atoms. The molecule has 0 aliphatic heterocycles. The van der Waals surface area contributed by atoms with Crippen molar-refractivity contribution in [3.05, 3.63) is 69.2 Å². The number of Topliss-reactive ketones (excluding diaryl/α,β-unsaturated/α-hetero) is 3. The van der Waals surface area contributed by atoms with Crippen molar-refractivity contribution in [1.29, 1.82) is 0 Å². The number of allylic oxidation sites excluding steroid dienone is 6. The summed E-state index contributed by atoms with van der Waals surface area (Å²) in [6.45, 7) is 12.6. The molecule has 4 aliphatic carbocycles. The summed E-state index contributed by atoms with van der Waals surface area (Å²) in [5.74, 6) is -4.45. The third-order valence-corrected chi connectivity index (χ3v) is 10.2. The number of phenolic OH excluding ortho intramolecular Hbond substituents is 1. The second-order valence-electron chi connectivity index (χ2n) is 14.1. The molecule has 0 saturated carbocycles. The van der Waals surface area contributed by atoms with E-state index in [9.17, 15) is 34.8 Å². The zero-order valence-electron chi connectivity index (χ0n) is 25.6. The number of aliphatic hydroxyl groups excluding tert-OH is 2. The molecule has 0 radical (unpaired) electrons. The van der Waals surface area contributed by atoms with Gasteiger partial charge in [0.25, 0.3) is 0 Å². The second kappa shape index (κ2) is 9.80. The van der Waals surface area contributed by atoms with E-state index in [-0.39, 0.29) is 41.4 Å². The summed E-state index contributed by atoms with van der Waals surface area (Å²) in [6, 6.07) is 3.32. The normalized spacial score (nSPS) is 30.9. The van der Waals surface area contributed by atoms with Crippen molar-refractivity contribution >= 4 is 22.9 Å². The Morgan fingerprint density at radius 1 is 1.05 bits per heavy atom. The third-order valence-electron chi connectivity index (χ3n) is 10.2. The largest absolute Gasteiger partial charge is 0.511 e. The molecule has 42 heavy (non-hydrogen) atoms. The molecule has 0 saturated heterocycles. The monoisotopic (exact) mass is 574 g/mol. The average molecular weight is 575 g/mol. The minimum Gasteiger partial charge on any atom is -0.511 e. The maximum absolute atomic E-state index is 14.3. The summed E-state index contributed by atoms with van der Waals surface area (Å²) in [5.41, 5.74) is -1.79. The van der Waals surface area contributed by atoms with Crippen LogP contribution in [-0.2, 0) is 16.0 Å². The molecular weight excluding hydrogens is 532 g/mol. The van der Waals surface area contributed by atoms with Gasteiger partial charge in [-0.3, -0.25) is 14.4 Å². The number of benzene rings is 1. The molecule has 0 spiro atoms. The van der Waals surface area contributed by atoms with Crippen LogP contribution in [-0.4, -0.2) is 43.4 Å². The Morgan fingerprint density at radius 2 is 1.71 bits per heavy atom. The first kappa shape index (κ1) is 30.0. The minimum atomic E-state index is -2.60. The molecule has 4 aliphatic rings. The standard InChI is InChI=1S/C35H42O7/c1-17(2)8-9-20-10-11-21(14-20)22-12-13-24(37)26-23(22)15-33(6)16-34(7)27(18(3)4)29(38)25(19(5)36)31(40)35(34,42)32(41)28(33)30(26)39/h10-13,17-18,27,37-38,41-42H,8-9,14-16H2,1-7H3/t27?,33-,34-,35+/m1/s1. The summed E-state index contributed by atoms with van der Waals surface area (Å²) in [6.07, 6.45) is 7.35. The zero-order chi connectivity index (χ0) is 31.1. The predicted octanol–water partition coefficient (Wildman–Crippen LogP) is 6.50. The molecule has 1 aromatic rings. The van der Waals surface area contributed by atoms with Crippen LogP contribution in [0.5, 0.6) is 5.75 Å². The quantitative estimate of drug-likeness (QED) is 0.285. The van der Waals surface area contributed by atoms with Crippen LogP contribution < -0.4 is 0 Å². The van der Waals surface area contributed by atoms with Crippen LogP contribution in [0.1, 0.15) is 95.6 Å². The lowest BCUT2D eigenvalue weighted by atomic mass is 9.44. The maximum atomic E-state index is 14.3. The Labute approximate surface area is 247 Å². The number of ketones is 3. The highest BCUT2D eigenvalue weighted by atomic mass is 16.3. The third kappa shape index (κ3) is 3.99. The first-order chi connectivity index (χ1) is 19.5. The van der Waals surface area contributed by atoms with Crippen LogP contribution in [0.25, 0.3) is 5.57 Å². The average Bonchev–Trinajstić information content (AvgIpc) is 3.33. The van der Waals surface area contributed by atoms with Crippen LogP contribution in [0.15, 0.2) is 52.5 Å². The topological polar surface area (TPSA) is 132 Å². The summed E-state index contributed by atoms with van der Waals surface area (Å²) in [4.78, 5) is 40.6. The first-order valence-electron chi connectivity index (χ1n) is 14.9. The molecular formula is C35H42O7. The van der Waals surface area contributed by atoms with Gasteiger partial charge >= 0.3 is 0 Å². The van der Waals surface area contributed by atoms with Gasteiger partial charge in [-0.15, -0.1) is 0 Å². The van der Waals surface area contributed by atoms with E-state index in [1.165, 1.54) is 11.6 Å². The summed E-state index contributed by atoms with van der Waals surface area (Å²) >= 11 is 0. The van der Waals surface area contributed by atoms with Gasteiger partial charge in [-0.25, -0.2) is 0 Å². The highest BCUT2D eigenvalue weighted by molar-refractivity contribution is 6.25. The van der Waals surface area contributed by atoms with E-state index in [1.54, 1.807) is 6.92 Å². The summed E-state index contributed by atoms with van der Waals surface area (Å²) in [5, 5.41) is 46.2. The second-order valence-corrected chi connectivity index (χ2v) is 14.1. The Kier molecular flexibility index (Phi) is 7.00. The molecule has 4 atom stereocenters. The molecule has 5 rings (SSSR count). The van der Waals surface area contributed by atoms with Crippen molar-refractivity contribution in [2.75, 3.05) is 0 Å². The van der Waals surface area contributed by atoms with Gasteiger partial charge in [0, 0.05) is 22.3 Å². The van der Waals surface area contributed by atoms with E-state index in [2.05, 4.69) is 26.0 Å². The molecule has 224 valence electrons. The van der Waals surface area contributed by atoms with Gasteiger partial charge in [-0.1, -0.05) is 65.3 Å². The van der Waals surface area contributed by atoms with Crippen molar-refractivity contribution < 1.29 is 34.8 Å². The fourth-order valence-corrected chi connectivity index (χ4v) is 8.44. The lowest BCUT2D eigenvalue weighted by Crippen LogP contribution is -2.67. The molecule has 7 heteroatoms. The van der Waals surface area contributed by atoms with Gasteiger partial charge in [0.05, 0.1) is 5.56 Å². The van der Waals surface area contributed by atoms with Crippen molar-refractivity contribution in [2.45, 2.75) is 86.2 Å². The predicted molar refractivity (Wildman–Crippen MR) is 160 cm³/mol. The summed E-state index contributed by atoms with van der Waals surface area (Å²) in [7, 11) is 0. The summed E-state index contributed by atoms with van der Waals surface area (Å²) < 4.78 is 0. The number of carbonyl (C=O) groups is 3. The van der Waals surface area contributed by atoms with Crippen LogP contribution in [0, 0.1) is 28.6 Å². The molecule has 7 nitrogen and oxygen atoms in total. The number of phenols is 1. The van der Waals surface area contributed by atoms with Crippen LogP contribution in [0.3, 0.4) is 0 Å². The molecule has 4 N–H and O–H groups in total. The van der Waals surface area contributed by atoms with E-state index in [0.717, 1.165) is 37.3 Å².